The van der Waals surface area contributed by atoms with E-state index in [1.807, 2.05) is 19.2 Å². The largest absolute Gasteiger partial charge is 0.461 e. The van der Waals surface area contributed by atoms with E-state index in [-0.39, 0.29) is 0 Å². The van der Waals surface area contributed by atoms with Gasteiger partial charge in [0.05, 0.1) is 25.2 Å². The zero-order chi connectivity index (χ0) is 11.7. The Kier molecular flexibility index (Phi) is 2.53. The van der Waals surface area contributed by atoms with Crippen molar-refractivity contribution in [3.63, 3.8) is 0 Å². The molecule has 2 aromatic heterocycles. The first-order chi connectivity index (χ1) is 8.38. The van der Waals surface area contributed by atoms with Gasteiger partial charge in [0.2, 0.25) is 0 Å². The van der Waals surface area contributed by atoms with Crippen molar-refractivity contribution in [3.8, 4) is 11.6 Å². The molecule has 17 heavy (non-hydrogen) atoms. The molecule has 5 heteroatoms. The standard InChI is InChI=1S/C12H13N3O2/c1-13-11-8-7-16-6-4-9(8)14-12(15-11)10-3-2-5-17-10/h2-3,5H,4,6-7H2,1H3,(H,13,14,15). The Bertz CT molecular complexity index is 506. The molecule has 88 valence electrons. The van der Waals surface area contributed by atoms with Crippen LogP contribution in [0.25, 0.3) is 11.6 Å². The van der Waals surface area contributed by atoms with E-state index in [1.54, 1.807) is 6.26 Å². The van der Waals surface area contributed by atoms with Crippen LogP contribution in [0.15, 0.2) is 22.8 Å². The number of rotatable bonds is 2. The van der Waals surface area contributed by atoms with Crippen LogP contribution in [0.1, 0.15) is 11.3 Å². The SMILES string of the molecule is CNc1nc(-c2ccco2)nc2c1COCC2. The number of furan rings is 1. The average Bonchev–Trinajstić information content (AvgIpc) is 2.91. The molecule has 0 fully saturated rings. The summed E-state index contributed by atoms with van der Waals surface area (Å²) in [5, 5.41) is 3.08. The lowest BCUT2D eigenvalue weighted by Gasteiger charge is -2.18. The fraction of sp³-hybridized carbons (Fsp3) is 0.333. The summed E-state index contributed by atoms with van der Waals surface area (Å²) in [6, 6.07) is 3.70. The second-order valence-electron chi connectivity index (χ2n) is 3.85. The van der Waals surface area contributed by atoms with E-state index in [9.17, 15) is 0 Å². The highest BCUT2D eigenvalue weighted by molar-refractivity contribution is 5.55. The Morgan fingerprint density at radius 2 is 2.29 bits per heavy atom. The van der Waals surface area contributed by atoms with Crippen molar-refractivity contribution in [2.45, 2.75) is 13.0 Å². The molecule has 1 aliphatic rings. The summed E-state index contributed by atoms with van der Waals surface area (Å²) in [6.45, 7) is 1.29. The van der Waals surface area contributed by atoms with Gasteiger partial charge in [-0.25, -0.2) is 9.97 Å². The number of hydrogen-bond donors (Lipinski definition) is 1. The van der Waals surface area contributed by atoms with E-state index < -0.39 is 0 Å². The zero-order valence-electron chi connectivity index (χ0n) is 9.56. The molecule has 2 aromatic rings. The second-order valence-corrected chi connectivity index (χ2v) is 3.85. The summed E-state index contributed by atoms with van der Waals surface area (Å²) < 4.78 is 10.8. The Labute approximate surface area is 98.8 Å². The van der Waals surface area contributed by atoms with Crippen LogP contribution in [-0.4, -0.2) is 23.6 Å². The summed E-state index contributed by atoms with van der Waals surface area (Å²) in [5.41, 5.74) is 2.09. The van der Waals surface area contributed by atoms with E-state index >= 15 is 0 Å². The summed E-state index contributed by atoms with van der Waals surface area (Å²) >= 11 is 0. The van der Waals surface area contributed by atoms with Gasteiger partial charge < -0.3 is 14.5 Å². The van der Waals surface area contributed by atoms with Gasteiger partial charge >= 0.3 is 0 Å². The molecular formula is C12H13N3O2. The molecule has 0 bridgehead atoms. The summed E-state index contributed by atoms with van der Waals surface area (Å²) in [4.78, 5) is 8.99. The monoisotopic (exact) mass is 231 g/mol. The first-order valence-corrected chi connectivity index (χ1v) is 5.57. The van der Waals surface area contributed by atoms with Crippen molar-refractivity contribution in [2.75, 3.05) is 19.0 Å². The van der Waals surface area contributed by atoms with E-state index in [0.29, 0.717) is 24.8 Å². The van der Waals surface area contributed by atoms with Gasteiger partial charge in [0.15, 0.2) is 11.6 Å². The van der Waals surface area contributed by atoms with Gasteiger partial charge in [0.25, 0.3) is 0 Å². The number of ether oxygens (including phenoxy) is 1. The maximum Gasteiger partial charge on any atom is 0.197 e. The average molecular weight is 231 g/mol. The highest BCUT2D eigenvalue weighted by atomic mass is 16.5. The minimum atomic E-state index is 0.573. The molecule has 0 unspecified atom stereocenters. The van der Waals surface area contributed by atoms with Gasteiger partial charge in [-0.1, -0.05) is 0 Å². The molecular weight excluding hydrogens is 218 g/mol. The molecule has 5 nitrogen and oxygen atoms in total. The minimum Gasteiger partial charge on any atom is -0.461 e. The van der Waals surface area contributed by atoms with Crippen molar-refractivity contribution in [2.24, 2.45) is 0 Å². The molecule has 0 amide bonds. The third-order valence-electron chi connectivity index (χ3n) is 2.80. The quantitative estimate of drug-likeness (QED) is 0.854. The predicted octanol–water partition coefficient (Wildman–Crippen LogP) is 1.85. The maximum absolute atomic E-state index is 5.43. The van der Waals surface area contributed by atoms with E-state index in [2.05, 4.69) is 15.3 Å². The molecule has 0 spiro atoms. The predicted molar refractivity (Wildman–Crippen MR) is 62.6 cm³/mol. The Morgan fingerprint density at radius 3 is 3.06 bits per heavy atom. The van der Waals surface area contributed by atoms with Gasteiger partial charge in [-0.15, -0.1) is 0 Å². The second kappa shape index (κ2) is 4.18. The van der Waals surface area contributed by atoms with Crippen molar-refractivity contribution < 1.29 is 9.15 Å². The number of aromatic nitrogens is 2. The molecule has 0 atom stereocenters. The molecule has 0 saturated heterocycles. The minimum absolute atomic E-state index is 0.573. The fourth-order valence-electron chi connectivity index (χ4n) is 1.95. The number of anilines is 1. The third kappa shape index (κ3) is 1.78. The van der Waals surface area contributed by atoms with Crippen LogP contribution < -0.4 is 5.32 Å². The fourth-order valence-corrected chi connectivity index (χ4v) is 1.95. The molecule has 0 radical (unpaired) electrons. The molecule has 1 N–H and O–H groups in total. The van der Waals surface area contributed by atoms with Gasteiger partial charge in [0, 0.05) is 19.0 Å². The van der Waals surface area contributed by atoms with Crippen molar-refractivity contribution in [1.82, 2.24) is 9.97 Å². The Hall–Kier alpha value is -1.88. The molecule has 1 aliphatic heterocycles. The summed E-state index contributed by atoms with van der Waals surface area (Å²) in [6.07, 6.45) is 2.44. The van der Waals surface area contributed by atoms with Gasteiger partial charge in [-0.3, -0.25) is 0 Å². The summed E-state index contributed by atoms with van der Waals surface area (Å²) in [7, 11) is 1.85. The molecule has 0 saturated carbocycles. The smallest absolute Gasteiger partial charge is 0.197 e. The molecule has 0 aliphatic carbocycles. The number of nitrogens with one attached hydrogen (secondary N) is 1. The molecule has 0 aromatic carbocycles. The molecule has 3 rings (SSSR count). The van der Waals surface area contributed by atoms with Crippen LogP contribution in [0.2, 0.25) is 0 Å². The van der Waals surface area contributed by atoms with Crippen LogP contribution in [-0.2, 0) is 17.8 Å². The van der Waals surface area contributed by atoms with Gasteiger partial charge in [-0.2, -0.15) is 0 Å². The number of hydrogen-bond acceptors (Lipinski definition) is 5. The van der Waals surface area contributed by atoms with Crippen LogP contribution in [0.3, 0.4) is 0 Å². The van der Waals surface area contributed by atoms with Gasteiger partial charge in [0.1, 0.15) is 5.82 Å². The zero-order valence-corrected chi connectivity index (χ0v) is 9.56. The normalized spacial score (nSPS) is 14.4. The number of fused-ring (bicyclic) bond motifs is 1. The highest BCUT2D eigenvalue weighted by Gasteiger charge is 2.18. The Morgan fingerprint density at radius 1 is 1.35 bits per heavy atom. The van der Waals surface area contributed by atoms with Crippen LogP contribution in [0.5, 0.6) is 0 Å². The summed E-state index contributed by atoms with van der Waals surface area (Å²) in [5.74, 6) is 2.14. The first kappa shape index (κ1) is 10.3. The van der Waals surface area contributed by atoms with Crippen molar-refractivity contribution >= 4 is 5.82 Å². The van der Waals surface area contributed by atoms with Crippen molar-refractivity contribution in [3.05, 3.63) is 29.7 Å². The van der Waals surface area contributed by atoms with E-state index in [4.69, 9.17) is 9.15 Å². The first-order valence-electron chi connectivity index (χ1n) is 5.57. The van der Waals surface area contributed by atoms with Crippen LogP contribution in [0, 0.1) is 0 Å². The maximum atomic E-state index is 5.43. The lowest BCUT2D eigenvalue weighted by molar-refractivity contribution is 0.109. The van der Waals surface area contributed by atoms with E-state index in [0.717, 1.165) is 23.5 Å². The van der Waals surface area contributed by atoms with Crippen LogP contribution >= 0.6 is 0 Å². The lowest BCUT2D eigenvalue weighted by atomic mass is 10.1. The lowest BCUT2D eigenvalue weighted by Crippen LogP contribution is -2.16. The van der Waals surface area contributed by atoms with E-state index in [1.165, 1.54) is 0 Å². The van der Waals surface area contributed by atoms with Gasteiger partial charge in [-0.05, 0) is 12.1 Å². The third-order valence-corrected chi connectivity index (χ3v) is 2.80. The number of nitrogens with zero attached hydrogens (tertiary/aromatic N) is 2. The molecule has 3 heterocycles. The van der Waals surface area contributed by atoms with Crippen molar-refractivity contribution in [1.29, 1.82) is 0 Å². The Balaban J connectivity index is 2.12. The van der Waals surface area contributed by atoms with Crippen LogP contribution in [0.4, 0.5) is 5.82 Å². The topological polar surface area (TPSA) is 60.2 Å². The highest BCUT2D eigenvalue weighted by Crippen LogP contribution is 2.25.